The van der Waals surface area contributed by atoms with Crippen molar-refractivity contribution in [1.82, 2.24) is 14.7 Å². The van der Waals surface area contributed by atoms with Crippen molar-refractivity contribution in [3.05, 3.63) is 53.3 Å². The Balaban J connectivity index is 1.33. The number of ether oxygens (including phenoxy) is 1. The number of carboxylic acids is 1. The number of carbonyl (C=O) groups is 2. The highest BCUT2D eigenvalue weighted by Gasteiger charge is 2.26. The van der Waals surface area contributed by atoms with Crippen LogP contribution in [0, 0.1) is 6.92 Å². The van der Waals surface area contributed by atoms with Gasteiger partial charge >= 0.3 is 5.97 Å². The Bertz CT molecular complexity index is 811. The number of carbonyl (C=O) groups excluding carboxylic acids is 1. The summed E-state index contributed by atoms with van der Waals surface area (Å²) in [6.07, 6.45) is 5.11. The molecule has 1 fully saturated rings. The molecule has 0 spiro atoms. The van der Waals surface area contributed by atoms with E-state index in [9.17, 15) is 14.7 Å². The predicted molar refractivity (Wildman–Crippen MR) is 109 cm³/mol. The van der Waals surface area contributed by atoms with Crippen molar-refractivity contribution >= 4 is 11.9 Å². The number of nitrogens with zero attached hydrogens (tertiary/aromatic N) is 3. The highest BCUT2D eigenvalue weighted by molar-refractivity contribution is 5.88. The number of piperidine rings is 1. The average Bonchev–Trinajstić information content (AvgIpc) is 3.13. The van der Waals surface area contributed by atoms with Crippen LogP contribution in [0.15, 0.2) is 36.5 Å². The summed E-state index contributed by atoms with van der Waals surface area (Å²) in [6, 6.07) is 10.4. The second-order valence-corrected chi connectivity index (χ2v) is 7.46. The number of rotatable bonds is 9. The van der Waals surface area contributed by atoms with Gasteiger partial charge in [-0.2, -0.15) is 5.10 Å². The van der Waals surface area contributed by atoms with E-state index in [-0.39, 0.29) is 17.5 Å². The van der Waals surface area contributed by atoms with Gasteiger partial charge in [-0.1, -0.05) is 30.3 Å². The van der Waals surface area contributed by atoms with Crippen LogP contribution in [0.25, 0.3) is 0 Å². The number of hydrogen-bond donors (Lipinski definition) is 1. The van der Waals surface area contributed by atoms with Gasteiger partial charge < -0.3 is 14.7 Å². The van der Waals surface area contributed by atoms with Gasteiger partial charge in [-0.05, 0) is 38.2 Å². The van der Waals surface area contributed by atoms with Crippen LogP contribution in [0.5, 0.6) is 0 Å². The SMILES string of the molecule is Cc1c(C(=O)O)cnn1C1CCN(C(=O)CCCOCCc2ccccc2)CC1. The van der Waals surface area contributed by atoms with Gasteiger partial charge in [-0.15, -0.1) is 0 Å². The quantitative estimate of drug-likeness (QED) is 0.655. The van der Waals surface area contributed by atoms with Crippen molar-refractivity contribution in [2.24, 2.45) is 0 Å². The lowest BCUT2D eigenvalue weighted by Crippen LogP contribution is -2.39. The minimum Gasteiger partial charge on any atom is -0.478 e. The topological polar surface area (TPSA) is 84.7 Å². The van der Waals surface area contributed by atoms with Crippen molar-refractivity contribution in [1.29, 1.82) is 0 Å². The van der Waals surface area contributed by atoms with E-state index in [4.69, 9.17) is 4.74 Å². The molecule has 0 aliphatic carbocycles. The molecule has 2 heterocycles. The molecule has 1 amide bonds. The molecule has 1 aromatic carbocycles. The molecule has 1 aromatic heterocycles. The fourth-order valence-electron chi connectivity index (χ4n) is 3.78. The van der Waals surface area contributed by atoms with E-state index in [0.29, 0.717) is 38.4 Å². The predicted octanol–water partition coefficient (Wildman–Crippen LogP) is 3.09. The van der Waals surface area contributed by atoms with Crippen LogP contribution in [-0.2, 0) is 16.0 Å². The zero-order chi connectivity index (χ0) is 20.6. The molecular formula is C22H29N3O4. The standard InChI is InChI=1S/C22H29N3O4/c1-17-20(22(27)28)16-23-25(17)19-9-12-24(13-10-19)21(26)8-5-14-29-15-11-18-6-3-2-4-7-18/h2-4,6-7,16,19H,5,8-15H2,1H3,(H,27,28). The molecule has 0 unspecified atom stereocenters. The van der Waals surface area contributed by atoms with Crippen molar-refractivity contribution in [2.45, 2.75) is 45.1 Å². The second-order valence-electron chi connectivity index (χ2n) is 7.46. The summed E-state index contributed by atoms with van der Waals surface area (Å²) in [5, 5.41) is 13.4. The summed E-state index contributed by atoms with van der Waals surface area (Å²) >= 11 is 0. The maximum Gasteiger partial charge on any atom is 0.339 e. The lowest BCUT2D eigenvalue weighted by molar-refractivity contribution is -0.132. The largest absolute Gasteiger partial charge is 0.478 e. The summed E-state index contributed by atoms with van der Waals surface area (Å²) in [6.45, 7) is 4.41. The summed E-state index contributed by atoms with van der Waals surface area (Å²) in [7, 11) is 0. The smallest absolute Gasteiger partial charge is 0.339 e. The van der Waals surface area contributed by atoms with Gasteiger partial charge in [0.25, 0.3) is 0 Å². The number of aromatic carboxylic acids is 1. The Hall–Kier alpha value is -2.67. The van der Waals surface area contributed by atoms with Crippen LogP contribution in [-0.4, -0.2) is 58.0 Å². The van der Waals surface area contributed by atoms with Gasteiger partial charge in [0.2, 0.25) is 5.91 Å². The Labute approximate surface area is 171 Å². The molecule has 2 aromatic rings. The fourth-order valence-corrected chi connectivity index (χ4v) is 3.78. The normalized spacial score (nSPS) is 14.9. The van der Waals surface area contributed by atoms with Crippen LogP contribution >= 0.6 is 0 Å². The molecule has 1 aliphatic rings. The third kappa shape index (κ3) is 5.67. The van der Waals surface area contributed by atoms with Crippen molar-refractivity contribution in [3.63, 3.8) is 0 Å². The third-order valence-electron chi connectivity index (χ3n) is 5.50. The second kappa shape index (κ2) is 10.2. The Morgan fingerprint density at radius 2 is 1.90 bits per heavy atom. The van der Waals surface area contributed by atoms with Crippen LogP contribution in [0.1, 0.15) is 53.3 Å². The van der Waals surface area contributed by atoms with Crippen LogP contribution in [0.3, 0.4) is 0 Å². The Morgan fingerprint density at radius 3 is 2.55 bits per heavy atom. The van der Waals surface area contributed by atoms with Gasteiger partial charge in [0.05, 0.1) is 24.5 Å². The first-order chi connectivity index (χ1) is 14.1. The first-order valence-corrected chi connectivity index (χ1v) is 10.2. The minimum absolute atomic E-state index is 0.147. The number of aromatic nitrogens is 2. The highest BCUT2D eigenvalue weighted by atomic mass is 16.5. The zero-order valence-corrected chi connectivity index (χ0v) is 16.9. The van der Waals surface area contributed by atoms with E-state index in [0.717, 1.165) is 25.7 Å². The van der Waals surface area contributed by atoms with E-state index in [1.165, 1.54) is 11.8 Å². The monoisotopic (exact) mass is 399 g/mol. The lowest BCUT2D eigenvalue weighted by atomic mass is 10.0. The van der Waals surface area contributed by atoms with Crippen LogP contribution in [0.2, 0.25) is 0 Å². The molecule has 0 radical (unpaired) electrons. The number of amides is 1. The molecule has 1 N–H and O–H groups in total. The molecule has 1 saturated heterocycles. The summed E-state index contributed by atoms with van der Waals surface area (Å²) in [5.74, 6) is -0.786. The van der Waals surface area contributed by atoms with E-state index >= 15 is 0 Å². The van der Waals surface area contributed by atoms with E-state index in [2.05, 4.69) is 17.2 Å². The summed E-state index contributed by atoms with van der Waals surface area (Å²) < 4.78 is 7.45. The number of carboxylic acid groups (broad SMARTS) is 1. The Morgan fingerprint density at radius 1 is 1.17 bits per heavy atom. The molecule has 7 nitrogen and oxygen atoms in total. The maximum absolute atomic E-state index is 12.4. The van der Waals surface area contributed by atoms with E-state index in [1.54, 1.807) is 11.6 Å². The highest BCUT2D eigenvalue weighted by Crippen LogP contribution is 2.25. The molecule has 0 bridgehead atoms. The first-order valence-electron chi connectivity index (χ1n) is 10.2. The fraction of sp³-hybridized carbons (Fsp3) is 0.500. The van der Waals surface area contributed by atoms with Gasteiger partial charge in [-0.3, -0.25) is 9.48 Å². The van der Waals surface area contributed by atoms with Crippen molar-refractivity contribution in [2.75, 3.05) is 26.3 Å². The third-order valence-corrected chi connectivity index (χ3v) is 5.50. The molecular weight excluding hydrogens is 370 g/mol. The van der Waals surface area contributed by atoms with Crippen molar-refractivity contribution in [3.8, 4) is 0 Å². The van der Waals surface area contributed by atoms with Gasteiger partial charge in [0, 0.05) is 26.1 Å². The molecule has 0 saturated carbocycles. The van der Waals surface area contributed by atoms with Crippen molar-refractivity contribution < 1.29 is 19.4 Å². The van der Waals surface area contributed by atoms with Crippen LogP contribution < -0.4 is 0 Å². The average molecular weight is 399 g/mol. The minimum atomic E-state index is -0.952. The number of benzene rings is 1. The molecule has 3 rings (SSSR count). The first kappa shape index (κ1) is 21.0. The molecule has 7 heteroatoms. The maximum atomic E-state index is 12.4. The zero-order valence-electron chi connectivity index (χ0n) is 16.9. The molecule has 156 valence electrons. The molecule has 29 heavy (non-hydrogen) atoms. The van der Waals surface area contributed by atoms with E-state index < -0.39 is 5.97 Å². The van der Waals surface area contributed by atoms with E-state index in [1.807, 2.05) is 23.1 Å². The number of likely N-dealkylation sites (tertiary alicyclic amines) is 1. The van der Waals surface area contributed by atoms with Crippen LogP contribution in [0.4, 0.5) is 0 Å². The number of hydrogen-bond acceptors (Lipinski definition) is 4. The van der Waals surface area contributed by atoms with Gasteiger partial charge in [0.15, 0.2) is 0 Å². The van der Waals surface area contributed by atoms with Gasteiger partial charge in [0.1, 0.15) is 5.56 Å². The summed E-state index contributed by atoms with van der Waals surface area (Å²) in [4.78, 5) is 25.5. The van der Waals surface area contributed by atoms with Gasteiger partial charge in [-0.25, -0.2) is 4.79 Å². The lowest BCUT2D eigenvalue weighted by Gasteiger charge is -2.32. The summed E-state index contributed by atoms with van der Waals surface area (Å²) in [5.41, 5.74) is 2.18. The Kier molecular flexibility index (Phi) is 7.41. The molecule has 0 atom stereocenters. The molecule has 1 aliphatic heterocycles.